The van der Waals surface area contributed by atoms with Crippen LogP contribution >= 0.6 is 0 Å². The summed E-state index contributed by atoms with van der Waals surface area (Å²) in [7, 11) is 0. The van der Waals surface area contributed by atoms with Gasteiger partial charge in [0, 0.05) is 18.4 Å². The zero-order valence-electron chi connectivity index (χ0n) is 12.8. The normalized spacial score (nSPS) is 24.2. The van der Waals surface area contributed by atoms with Gasteiger partial charge in [0.05, 0.1) is 18.7 Å². The highest BCUT2D eigenvalue weighted by atomic mass is 16.3. The van der Waals surface area contributed by atoms with E-state index in [1.165, 1.54) is 24.0 Å². The monoisotopic (exact) mass is 297 g/mol. The maximum atomic E-state index is 10.1. The number of imidazole rings is 1. The minimum Gasteiger partial charge on any atom is -0.394 e. The summed E-state index contributed by atoms with van der Waals surface area (Å²) in [6.07, 6.45) is 9.68. The second-order valence-corrected chi connectivity index (χ2v) is 6.59. The third-order valence-corrected chi connectivity index (χ3v) is 5.13. The average molecular weight is 297 g/mol. The smallest absolute Gasteiger partial charge is 0.122 e. The van der Waals surface area contributed by atoms with Crippen LogP contribution in [0.25, 0.3) is 0 Å². The first-order chi connectivity index (χ1) is 10.8. The Balaban J connectivity index is 1.59. The molecule has 0 amide bonds. The van der Waals surface area contributed by atoms with Crippen molar-refractivity contribution in [3.8, 4) is 0 Å². The van der Waals surface area contributed by atoms with Crippen molar-refractivity contribution in [2.75, 3.05) is 6.61 Å². The lowest BCUT2D eigenvalue weighted by atomic mass is 9.77. The highest BCUT2D eigenvalue weighted by molar-refractivity contribution is 5.36. The summed E-state index contributed by atoms with van der Waals surface area (Å²) in [6, 6.07) is 9.15. The van der Waals surface area contributed by atoms with Gasteiger partial charge in [-0.25, -0.2) is 4.98 Å². The Bertz CT molecular complexity index is 662. The molecular formula is C18H23N3O. The number of benzene rings is 1. The average Bonchev–Trinajstić information content (AvgIpc) is 3.31. The van der Waals surface area contributed by atoms with Gasteiger partial charge in [-0.3, -0.25) is 5.32 Å². The van der Waals surface area contributed by atoms with Gasteiger partial charge in [0.1, 0.15) is 5.82 Å². The fourth-order valence-corrected chi connectivity index (χ4v) is 3.74. The van der Waals surface area contributed by atoms with E-state index in [0.717, 1.165) is 25.1 Å². The van der Waals surface area contributed by atoms with Gasteiger partial charge in [0.2, 0.25) is 0 Å². The van der Waals surface area contributed by atoms with Crippen molar-refractivity contribution in [3.63, 3.8) is 0 Å². The summed E-state index contributed by atoms with van der Waals surface area (Å²) in [5.74, 6) is 1.08. The van der Waals surface area contributed by atoms with Gasteiger partial charge in [0.15, 0.2) is 0 Å². The van der Waals surface area contributed by atoms with Gasteiger partial charge in [0.25, 0.3) is 0 Å². The zero-order chi connectivity index (χ0) is 15.0. The van der Waals surface area contributed by atoms with E-state index in [0.29, 0.717) is 12.6 Å². The van der Waals surface area contributed by atoms with Gasteiger partial charge in [-0.2, -0.15) is 0 Å². The molecule has 1 unspecified atom stereocenters. The summed E-state index contributed by atoms with van der Waals surface area (Å²) < 4.78 is 2.28. The van der Waals surface area contributed by atoms with Crippen LogP contribution in [-0.2, 0) is 18.5 Å². The third-order valence-electron chi connectivity index (χ3n) is 5.13. The molecule has 1 aromatic carbocycles. The Kier molecular flexibility index (Phi) is 3.51. The van der Waals surface area contributed by atoms with Gasteiger partial charge >= 0.3 is 0 Å². The maximum absolute atomic E-state index is 10.1. The van der Waals surface area contributed by atoms with E-state index in [2.05, 4.69) is 45.3 Å². The summed E-state index contributed by atoms with van der Waals surface area (Å²) in [4.78, 5) is 4.50. The SMILES string of the molecule is OCC1(NCc2nccn2C2CC2)CCCc2ccccc21. The van der Waals surface area contributed by atoms with E-state index in [9.17, 15) is 5.11 Å². The van der Waals surface area contributed by atoms with E-state index >= 15 is 0 Å². The molecule has 4 heteroatoms. The van der Waals surface area contributed by atoms with Gasteiger partial charge < -0.3 is 9.67 Å². The number of hydrogen-bond donors (Lipinski definition) is 2. The molecule has 22 heavy (non-hydrogen) atoms. The van der Waals surface area contributed by atoms with E-state index in [4.69, 9.17) is 0 Å². The number of aliphatic hydroxyl groups excluding tert-OH is 1. The molecular weight excluding hydrogens is 274 g/mol. The third kappa shape index (κ3) is 2.36. The van der Waals surface area contributed by atoms with Crippen LogP contribution in [0.1, 0.15) is 48.7 Å². The standard InChI is InChI=1S/C18H23N3O/c22-13-18(9-3-5-14-4-1-2-6-16(14)18)20-12-17-19-10-11-21(17)15-7-8-15/h1-2,4,6,10-11,15,20,22H,3,5,7-9,12-13H2. The molecule has 2 aliphatic carbocycles. The first-order valence-electron chi connectivity index (χ1n) is 8.28. The van der Waals surface area contributed by atoms with E-state index in [1.807, 2.05) is 6.20 Å². The van der Waals surface area contributed by atoms with Gasteiger partial charge in [-0.05, 0) is 43.2 Å². The lowest BCUT2D eigenvalue weighted by Gasteiger charge is -2.38. The van der Waals surface area contributed by atoms with E-state index in [-0.39, 0.29) is 12.1 Å². The van der Waals surface area contributed by atoms with Crippen molar-refractivity contribution < 1.29 is 5.11 Å². The van der Waals surface area contributed by atoms with Crippen LogP contribution in [0.5, 0.6) is 0 Å². The Morgan fingerprint density at radius 1 is 1.32 bits per heavy atom. The van der Waals surface area contributed by atoms with Crippen molar-refractivity contribution in [3.05, 3.63) is 53.6 Å². The molecule has 2 aliphatic rings. The first-order valence-corrected chi connectivity index (χ1v) is 8.28. The second kappa shape index (κ2) is 5.52. The molecule has 1 aromatic heterocycles. The van der Waals surface area contributed by atoms with Crippen molar-refractivity contribution in [2.45, 2.75) is 50.2 Å². The zero-order valence-corrected chi connectivity index (χ0v) is 12.8. The summed E-state index contributed by atoms with van der Waals surface area (Å²) in [6.45, 7) is 0.840. The van der Waals surface area contributed by atoms with E-state index in [1.54, 1.807) is 0 Å². The summed E-state index contributed by atoms with van der Waals surface area (Å²) in [5.41, 5.74) is 2.30. The first kappa shape index (κ1) is 14.0. The molecule has 116 valence electrons. The topological polar surface area (TPSA) is 50.1 Å². The van der Waals surface area contributed by atoms with Crippen molar-refractivity contribution in [1.29, 1.82) is 0 Å². The van der Waals surface area contributed by atoms with Gasteiger partial charge in [-0.1, -0.05) is 24.3 Å². The predicted octanol–water partition coefficient (Wildman–Crippen LogP) is 2.53. The Morgan fingerprint density at radius 2 is 2.18 bits per heavy atom. The van der Waals surface area contributed by atoms with Crippen molar-refractivity contribution >= 4 is 0 Å². The summed E-state index contributed by atoms with van der Waals surface area (Å²) >= 11 is 0. The molecule has 0 spiro atoms. The Morgan fingerprint density at radius 3 is 3.00 bits per heavy atom. The predicted molar refractivity (Wildman–Crippen MR) is 85.5 cm³/mol. The Labute approximate surface area is 131 Å². The van der Waals surface area contributed by atoms with Crippen LogP contribution in [0.15, 0.2) is 36.7 Å². The lowest BCUT2D eigenvalue weighted by molar-refractivity contribution is 0.139. The highest BCUT2D eigenvalue weighted by Gasteiger charge is 2.36. The van der Waals surface area contributed by atoms with Crippen molar-refractivity contribution in [1.82, 2.24) is 14.9 Å². The molecule has 0 aliphatic heterocycles. The van der Waals surface area contributed by atoms with Crippen LogP contribution in [0.3, 0.4) is 0 Å². The van der Waals surface area contributed by atoms with Crippen LogP contribution in [0.4, 0.5) is 0 Å². The minimum absolute atomic E-state index is 0.133. The maximum Gasteiger partial charge on any atom is 0.122 e. The number of aromatic nitrogens is 2. The summed E-state index contributed by atoms with van der Waals surface area (Å²) in [5, 5.41) is 13.8. The number of fused-ring (bicyclic) bond motifs is 1. The number of rotatable bonds is 5. The fourth-order valence-electron chi connectivity index (χ4n) is 3.74. The molecule has 1 fully saturated rings. The molecule has 0 bridgehead atoms. The number of nitrogens with one attached hydrogen (secondary N) is 1. The van der Waals surface area contributed by atoms with Crippen LogP contribution in [-0.4, -0.2) is 21.3 Å². The molecule has 2 aromatic rings. The van der Waals surface area contributed by atoms with Crippen LogP contribution in [0.2, 0.25) is 0 Å². The molecule has 4 rings (SSSR count). The number of aliphatic hydroxyl groups is 1. The minimum atomic E-state index is -0.324. The van der Waals surface area contributed by atoms with E-state index < -0.39 is 0 Å². The molecule has 0 radical (unpaired) electrons. The van der Waals surface area contributed by atoms with Crippen LogP contribution < -0.4 is 5.32 Å². The lowest BCUT2D eigenvalue weighted by Crippen LogP contribution is -2.47. The van der Waals surface area contributed by atoms with Gasteiger partial charge in [-0.15, -0.1) is 0 Å². The quantitative estimate of drug-likeness (QED) is 0.891. The molecule has 1 heterocycles. The molecule has 1 atom stereocenters. The largest absolute Gasteiger partial charge is 0.394 e. The van der Waals surface area contributed by atoms with Crippen molar-refractivity contribution in [2.24, 2.45) is 0 Å². The fraction of sp³-hybridized carbons (Fsp3) is 0.500. The molecule has 2 N–H and O–H groups in total. The molecule has 1 saturated carbocycles. The molecule has 0 saturated heterocycles. The molecule has 4 nitrogen and oxygen atoms in total. The number of nitrogens with zero attached hydrogens (tertiary/aromatic N) is 2. The van der Waals surface area contributed by atoms with Crippen LogP contribution in [0, 0.1) is 0 Å². The number of aryl methyl sites for hydroxylation is 1. The Hall–Kier alpha value is -1.65. The highest BCUT2D eigenvalue weighted by Crippen LogP contribution is 2.37. The number of hydrogen-bond acceptors (Lipinski definition) is 3. The second-order valence-electron chi connectivity index (χ2n) is 6.59.